The third kappa shape index (κ3) is 9.75. The molecular weight excluding hydrogens is 278 g/mol. The van der Waals surface area contributed by atoms with Crippen molar-refractivity contribution in [3.63, 3.8) is 0 Å². The van der Waals surface area contributed by atoms with Gasteiger partial charge in [-0.05, 0) is 24.5 Å². The lowest BCUT2D eigenvalue weighted by Crippen LogP contribution is -2.21. The SMILES string of the molecule is O=C(O)CCCCCCCCNC(=O)/C=C/c1ccccc1. The summed E-state index contributed by atoms with van der Waals surface area (Å²) < 4.78 is 0. The third-order valence-corrected chi connectivity index (χ3v) is 3.34. The summed E-state index contributed by atoms with van der Waals surface area (Å²) in [6.07, 6.45) is 9.54. The van der Waals surface area contributed by atoms with Crippen LogP contribution in [0.1, 0.15) is 50.5 Å². The van der Waals surface area contributed by atoms with Crippen LogP contribution in [0.4, 0.5) is 0 Å². The molecule has 4 nitrogen and oxygen atoms in total. The van der Waals surface area contributed by atoms with Crippen molar-refractivity contribution in [1.82, 2.24) is 5.32 Å². The summed E-state index contributed by atoms with van der Waals surface area (Å²) in [6.45, 7) is 0.688. The second-order valence-corrected chi connectivity index (χ2v) is 5.30. The van der Waals surface area contributed by atoms with Crippen molar-refractivity contribution in [1.29, 1.82) is 0 Å². The normalized spacial score (nSPS) is 10.7. The molecule has 2 N–H and O–H groups in total. The number of benzene rings is 1. The highest BCUT2D eigenvalue weighted by Crippen LogP contribution is 2.06. The summed E-state index contributed by atoms with van der Waals surface area (Å²) in [6, 6.07) is 9.73. The average Bonchev–Trinajstić information content (AvgIpc) is 2.52. The maximum Gasteiger partial charge on any atom is 0.303 e. The number of nitrogens with one attached hydrogen (secondary N) is 1. The van der Waals surface area contributed by atoms with Gasteiger partial charge in [-0.3, -0.25) is 9.59 Å². The molecule has 0 aliphatic carbocycles. The Morgan fingerprint density at radius 1 is 0.955 bits per heavy atom. The molecule has 0 radical (unpaired) electrons. The number of carbonyl (C=O) groups excluding carboxylic acids is 1. The van der Waals surface area contributed by atoms with E-state index in [1.165, 1.54) is 0 Å². The molecule has 0 bridgehead atoms. The number of carboxylic acids is 1. The molecule has 0 fully saturated rings. The molecule has 0 unspecified atom stereocenters. The zero-order chi connectivity index (χ0) is 16.0. The molecule has 0 saturated heterocycles. The number of rotatable bonds is 11. The number of carboxylic acid groups (broad SMARTS) is 1. The molecule has 0 heterocycles. The smallest absolute Gasteiger partial charge is 0.303 e. The van der Waals surface area contributed by atoms with Gasteiger partial charge in [0.25, 0.3) is 0 Å². The highest BCUT2D eigenvalue weighted by Gasteiger charge is 1.97. The molecule has 22 heavy (non-hydrogen) atoms. The first kappa shape index (κ1) is 18.0. The minimum atomic E-state index is -0.716. The lowest BCUT2D eigenvalue weighted by Gasteiger charge is -2.02. The van der Waals surface area contributed by atoms with Gasteiger partial charge < -0.3 is 10.4 Å². The summed E-state index contributed by atoms with van der Waals surface area (Å²) in [7, 11) is 0. The fourth-order valence-corrected chi connectivity index (χ4v) is 2.11. The molecule has 0 saturated carbocycles. The van der Waals surface area contributed by atoms with Gasteiger partial charge in [0.05, 0.1) is 0 Å². The van der Waals surface area contributed by atoms with E-state index < -0.39 is 5.97 Å². The first-order valence-corrected chi connectivity index (χ1v) is 7.91. The summed E-state index contributed by atoms with van der Waals surface area (Å²) in [5.74, 6) is -0.781. The molecule has 0 aromatic heterocycles. The monoisotopic (exact) mass is 303 g/mol. The minimum absolute atomic E-state index is 0.0645. The molecule has 1 rings (SSSR count). The van der Waals surface area contributed by atoms with Crippen LogP contribution in [0.2, 0.25) is 0 Å². The van der Waals surface area contributed by atoms with Crippen molar-refractivity contribution in [3.8, 4) is 0 Å². The fraction of sp³-hybridized carbons (Fsp3) is 0.444. The maximum absolute atomic E-state index is 11.6. The molecule has 1 amide bonds. The minimum Gasteiger partial charge on any atom is -0.481 e. The van der Waals surface area contributed by atoms with Gasteiger partial charge in [0.2, 0.25) is 5.91 Å². The van der Waals surface area contributed by atoms with Gasteiger partial charge >= 0.3 is 5.97 Å². The number of unbranched alkanes of at least 4 members (excludes halogenated alkanes) is 5. The lowest BCUT2D eigenvalue weighted by atomic mass is 10.1. The van der Waals surface area contributed by atoms with Crippen molar-refractivity contribution < 1.29 is 14.7 Å². The Kier molecular flexibility index (Phi) is 9.42. The van der Waals surface area contributed by atoms with E-state index >= 15 is 0 Å². The van der Waals surface area contributed by atoms with E-state index in [0.717, 1.165) is 44.1 Å². The van der Waals surface area contributed by atoms with E-state index in [2.05, 4.69) is 5.32 Å². The highest BCUT2D eigenvalue weighted by molar-refractivity contribution is 5.91. The van der Waals surface area contributed by atoms with Gasteiger partial charge in [-0.1, -0.05) is 56.0 Å². The number of aliphatic carboxylic acids is 1. The van der Waals surface area contributed by atoms with Crippen molar-refractivity contribution in [2.24, 2.45) is 0 Å². The molecule has 0 aliphatic rings. The summed E-state index contributed by atoms with van der Waals surface area (Å²) in [5.41, 5.74) is 1.01. The van der Waals surface area contributed by atoms with E-state index in [1.807, 2.05) is 30.3 Å². The van der Waals surface area contributed by atoms with Crippen molar-refractivity contribution in [2.75, 3.05) is 6.54 Å². The second kappa shape index (κ2) is 11.5. The van der Waals surface area contributed by atoms with Crippen LogP contribution in [-0.4, -0.2) is 23.5 Å². The van der Waals surface area contributed by atoms with Gasteiger partial charge in [-0.15, -0.1) is 0 Å². The average molecular weight is 303 g/mol. The fourth-order valence-electron chi connectivity index (χ4n) is 2.11. The summed E-state index contributed by atoms with van der Waals surface area (Å²) in [5, 5.41) is 11.4. The number of amides is 1. The zero-order valence-electron chi connectivity index (χ0n) is 13.0. The molecule has 1 aromatic carbocycles. The Bertz CT molecular complexity index is 468. The van der Waals surface area contributed by atoms with Gasteiger partial charge in [-0.2, -0.15) is 0 Å². The van der Waals surface area contributed by atoms with E-state index in [4.69, 9.17) is 5.11 Å². The quantitative estimate of drug-likeness (QED) is 0.484. The number of carbonyl (C=O) groups is 2. The third-order valence-electron chi connectivity index (χ3n) is 3.34. The largest absolute Gasteiger partial charge is 0.481 e. The Morgan fingerprint density at radius 2 is 1.59 bits per heavy atom. The van der Waals surface area contributed by atoms with Gasteiger partial charge in [0.1, 0.15) is 0 Å². The highest BCUT2D eigenvalue weighted by atomic mass is 16.4. The Labute approximate surface area is 132 Å². The van der Waals surface area contributed by atoms with Crippen LogP contribution in [-0.2, 0) is 9.59 Å². The zero-order valence-corrected chi connectivity index (χ0v) is 13.0. The predicted octanol–water partition coefficient (Wildman–Crippen LogP) is 3.63. The number of hydrogen-bond acceptors (Lipinski definition) is 2. The van der Waals surface area contributed by atoms with Crippen LogP contribution in [0.3, 0.4) is 0 Å². The van der Waals surface area contributed by atoms with Gasteiger partial charge in [-0.25, -0.2) is 0 Å². The molecule has 1 aromatic rings. The maximum atomic E-state index is 11.6. The van der Waals surface area contributed by atoms with Crippen LogP contribution in [0.25, 0.3) is 6.08 Å². The molecule has 4 heteroatoms. The van der Waals surface area contributed by atoms with E-state index in [0.29, 0.717) is 6.54 Å². The summed E-state index contributed by atoms with van der Waals surface area (Å²) in [4.78, 5) is 21.9. The van der Waals surface area contributed by atoms with Crippen molar-refractivity contribution in [3.05, 3.63) is 42.0 Å². The molecule has 120 valence electrons. The van der Waals surface area contributed by atoms with Crippen LogP contribution in [0, 0.1) is 0 Å². The van der Waals surface area contributed by atoms with Crippen LogP contribution < -0.4 is 5.32 Å². The van der Waals surface area contributed by atoms with Crippen molar-refractivity contribution in [2.45, 2.75) is 44.9 Å². The topological polar surface area (TPSA) is 66.4 Å². The standard InChI is InChI=1S/C18H25NO3/c20-17(14-13-16-10-6-5-7-11-16)19-15-9-4-2-1-3-8-12-18(21)22/h5-7,10-11,13-14H,1-4,8-9,12,15H2,(H,19,20)(H,21,22)/b14-13+. The first-order chi connectivity index (χ1) is 10.7. The van der Waals surface area contributed by atoms with E-state index in [9.17, 15) is 9.59 Å². The van der Waals surface area contributed by atoms with E-state index in [-0.39, 0.29) is 12.3 Å². The Hall–Kier alpha value is -2.10. The van der Waals surface area contributed by atoms with Crippen LogP contribution >= 0.6 is 0 Å². The molecule has 0 spiro atoms. The summed E-state index contributed by atoms with van der Waals surface area (Å²) >= 11 is 0. The van der Waals surface area contributed by atoms with Crippen LogP contribution in [0.5, 0.6) is 0 Å². The van der Waals surface area contributed by atoms with Gasteiger partial charge in [0, 0.05) is 19.0 Å². The van der Waals surface area contributed by atoms with E-state index in [1.54, 1.807) is 12.2 Å². The van der Waals surface area contributed by atoms with Crippen molar-refractivity contribution >= 4 is 18.0 Å². The first-order valence-electron chi connectivity index (χ1n) is 7.91. The Morgan fingerprint density at radius 3 is 2.27 bits per heavy atom. The predicted molar refractivity (Wildman–Crippen MR) is 88.4 cm³/mol. The number of hydrogen-bond donors (Lipinski definition) is 2. The van der Waals surface area contributed by atoms with Crippen LogP contribution in [0.15, 0.2) is 36.4 Å². The Balaban J connectivity index is 1.97. The molecular formula is C18H25NO3. The lowest BCUT2D eigenvalue weighted by molar-refractivity contribution is -0.137. The second-order valence-electron chi connectivity index (χ2n) is 5.30. The van der Waals surface area contributed by atoms with Gasteiger partial charge in [0.15, 0.2) is 0 Å². The molecule has 0 aliphatic heterocycles. The molecule has 0 atom stereocenters.